The van der Waals surface area contributed by atoms with Gasteiger partial charge in [-0.2, -0.15) is 0 Å². The number of rotatable bonds is 7. The van der Waals surface area contributed by atoms with E-state index in [1.807, 2.05) is 54.6 Å². The third kappa shape index (κ3) is 4.81. The lowest BCUT2D eigenvalue weighted by atomic mass is 9.44. The van der Waals surface area contributed by atoms with Gasteiger partial charge in [-0.3, -0.25) is 14.1 Å². The van der Waals surface area contributed by atoms with Gasteiger partial charge in [-0.25, -0.2) is 13.3 Å². The van der Waals surface area contributed by atoms with Crippen LogP contribution in [0.15, 0.2) is 78.4 Å². The number of aliphatic hydroxyl groups excluding tert-OH is 1. The summed E-state index contributed by atoms with van der Waals surface area (Å²) in [6.07, 6.45) is -1.69. The molecule has 47 heavy (non-hydrogen) atoms. The Balaban J connectivity index is 1.24. The van der Waals surface area contributed by atoms with Crippen LogP contribution in [0.1, 0.15) is 56.1 Å². The van der Waals surface area contributed by atoms with Gasteiger partial charge in [0.25, 0.3) is 0 Å². The summed E-state index contributed by atoms with van der Waals surface area (Å²) in [7, 11) is -5.07. The van der Waals surface area contributed by atoms with E-state index in [-0.39, 0.29) is 24.8 Å². The first-order chi connectivity index (χ1) is 22.1. The molecule has 1 heterocycles. The molecular weight excluding hydrogens is 633 g/mol. The summed E-state index contributed by atoms with van der Waals surface area (Å²) < 4.78 is 62.8. The van der Waals surface area contributed by atoms with Crippen molar-refractivity contribution in [2.24, 2.45) is 22.7 Å². The Bertz CT molecular complexity index is 1710. The number of aliphatic hydroxyl groups is 1. The van der Waals surface area contributed by atoms with Gasteiger partial charge in [-0.05, 0) is 67.4 Å². The highest BCUT2D eigenvalue weighted by Crippen LogP contribution is 2.72. The molecule has 4 aliphatic carbocycles. The number of ketones is 2. The zero-order chi connectivity index (χ0) is 33.6. The number of phosphoric ester groups is 1. The lowest BCUT2D eigenvalue weighted by Crippen LogP contribution is -2.70. The fourth-order valence-electron chi connectivity index (χ4n) is 9.47. The predicted octanol–water partition coefficient (Wildman–Crippen LogP) is 5.04. The fourth-order valence-corrected chi connectivity index (χ4v) is 9.76. The van der Waals surface area contributed by atoms with Crippen molar-refractivity contribution in [2.45, 2.75) is 75.5 Å². The summed E-state index contributed by atoms with van der Waals surface area (Å²) in [5.41, 5.74) is -4.52. The number of hydrogen-bond donors (Lipinski definition) is 3. The molecule has 9 nitrogen and oxygen atoms in total. The maximum Gasteiger partial charge on any atom is 0.470 e. The van der Waals surface area contributed by atoms with Gasteiger partial charge in [-0.15, -0.1) is 0 Å². The first kappa shape index (κ1) is 32.6. The Kier molecular flexibility index (Phi) is 7.69. The SMILES string of the molecule is C[C@]12C=CC(=O)C=C1[C@@H](F)C[C@H]1[C@@H]3C[C@H]4O[C@@H](c5ccc(Cc6ccccc6)cc5)O[C@@]4(C(=O)COP(=O)(O)O)[C@@]3(C)C[C@H](O)[C@@]12F. The molecule has 0 aromatic heterocycles. The molecule has 0 amide bonds. The van der Waals surface area contributed by atoms with Crippen molar-refractivity contribution in [1.82, 2.24) is 0 Å². The number of alkyl halides is 2. The largest absolute Gasteiger partial charge is 0.470 e. The van der Waals surface area contributed by atoms with E-state index in [2.05, 4.69) is 4.52 Å². The molecule has 7 rings (SSSR count). The number of hydrogen-bond acceptors (Lipinski definition) is 7. The van der Waals surface area contributed by atoms with E-state index < -0.39 is 84.6 Å². The lowest BCUT2D eigenvalue weighted by Gasteiger charge is -2.63. The fraction of sp³-hybridized carbons (Fsp3) is 0.486. The van der Waals surface area contributed by atoms with Gasteiger partial charge in [0.15, 0.2) is 29.1 Å². The molecular formula is C35H37F2O9P. The second kappa shape index (κ2) is 11.1. The number of benzene rings is 2. The molecule has 1 aliphatic heterocycles. The van der Waals surface area contributed by atoms with Crippen molar-refractivity contribution in [3.05, 3.63) is 95.1 Å². The molecule has 0 spiro atoms. The van der Waals surface area contributed by atoms with E-state index in [4.69, 9.17) is 9.47 Å². The molecule has 3 saturated carbocycles. The van der Waals surface area contributed by atoms with Crippen LogP contribution < -0.4 is 0 Å². The highest BCUT2D eigenvalue weighted by Gasteiger charge is 2.80. The standard InChI is InChI=1S/C35H37F2O9P/c1-32-13-12-23(38)15-26(32)27(36)16-25-24-17-30-35(29(40)19-44-47(41,42)43,33(24,2)18-28(39)34(25,32)37)46-31(45-30)22-10-8-21(9-11-22)14-20-6-4-3-5-7-20/h3-13,15,24-25,27-28,30-31,39H,14,16-19H2,1-2H3,(H2,41,42,43)/t24-,25-,27-,28-,30+,31+,32-,33-,34-,35+/m0/s1. The molecule has 250 valence electrons. The van der Waals surface area contributed by atoms with Crippen LogP contribution in [0.4, 0.5) is 8.78 Å². The quantitative estimate of drug-likeness (QED) is 0.346. The number of halogens is 2. The third-order valence-corrected chi connectivity index (χ3v) is 12.1. The van der Waals surface area contributed by atoms with Gasteiger partial charge in [0, 0.05) is 22.3 Å². The van der Waals surface area contributed by atoms with Crippen molar-refractivity contribution in [2.75, 3.05) is 6.61 Å². The Hall–Kier alpha value is -2.89. The number of carbonyl (C=O) groups excluding carboxylic acids is 2. The predicted molar refractivity (Wildman–Crippen MR) is 164 cm³/mol. The second-order valence-electron chi connectivity index (χ2n) is 14.0. The molecule has 5 aliphatic rings. The monoisotopic (exact) mass is 670 g/mol. The Morgan fingerprint density at radius 1 is 1.04 bits per heavy atom. The van der Waals surface area contributed by atoms with E-state index in [0.29, 0.717) is 12.0 Å². The maximum atomic E-state index is 17.7. The van der Waals surface area contributed by atoms with Crippen molar-refractivity contribution >= 4 is 19.4 Å². The van der Waals surface area contributed by atoms with E-state index in [9.17, 15) is 29.0 Å². The van der Waals surface area contributed by atoms with Crippen LogP contribution >= 0.6 is 7.82 Å². The first-order valence-electron chi connectivity index (χ1n) is 15.8. The highest BCUT2D eigenvalue weighted by molar-refractivity contribution is 7.46. The van der Waals surface area contributed by atoms with E-state index in [0.717, 1.165) is 17.2 Å². The van der Waals surface area contributed by atoms with Crippen molar-refractivity contribution in [3.8, 4) is 0 Å². The van der Waals surface area contributed by atoms with Gasteiger partial charge in [0.1, 0.15) is 12.8 Å². The van der Waals surface area contributed by atoms with Gasteiger partial charge < -0.3 is 24.4 Å². The number of Topliss-reactive ketones (excluding diaryl/α,β-unsaturated/α-hetero) is 1. The highest BCUT2D eigenvalue weighted by atomic mass is 31.2. The van der Waals surface area contributed by atoms with Gasteiger partial charge >= 0.3 is 7.82 Å². The van der Waals surface area contributed by atoms with Crippen LogP contribution in [-0.2, 0) is 34.6 Å². The minimum absolute atomic E-state index is 0.0197. The molecule has 1 saturated heterocycles. The average Bonchev–Trinajstić information content (AvgIpc) is 3.52. The van der Waals surface area contributed by atoms with E-state index in [1.54, 1.807) is 6.92 Å². The van der Waals surface area contributed by atoms with Crippen LogP contribution in [0.25, 0.3) is 0 Å². The summed E-state index contributed by atoms with van der Waals surface area (Å²) in [4.78, 5) is 45.2. The molecule has 0 unspecified atom stereocenters. The van der Waals surface area contributed by atoms with Crippen LogP contribution in [0, 0.1) is 22.7 Å². The zero-order valence-corrected chi connectivity index (χ0v) is 26.8. The summed E-state index contributed by atoms with van der Waals surface area (Å²) in [6.45, 7) is 2.14. The topological polar surface area (TPSA) is 140 Å². The number of phosphoric acid groups is 1. The minimum Gasteiger partial charge on any atom is -0.390 e. The van der Waals surface area contributed by atoms with Crippen molar-refractivity contribution in [3.63, 3.8) is 0 Å². The van der Waals surface area contributed by atoms with Crippen LogP contribution in [-0.4, -0.2) is 62.7 Å². The molecule has 12 heteroatoms. The minimum atomic E-state index is -5.07. The van der Waals surface area contributed by atoms with Gasteiger partial charge in [0.05, 0.1) is 12.2 Å². The summed E-state index contributed by atoms with van der Waals surface area (Å²) in [5.74, 6) is -3.12. The van der Waals surface area contributed by atoms with Crippen LogP contribution in [0.3, 0.4) is 0 Å². The molecule has 0 bridgehead atoms. The Morgan fingerprint density at radius 2 is 1.72 bits per heavy atom. The van der Waals surface area contributed by atoms with Gasteiger partial charge in [-0.1, -0.05) is 67.6 Å². The molecule has 2 aromatic carbocycles. The third-order valence-electron chi connectivity index (χ3n) is 11.7. The van der Waals surface area contributed by atoms with Crippen molar-refractivity contribution < 1.29 is 51.8 Å². The number of allylic oxidation sites excluding steroid dienone is 4. The van der Waals surface area contributed by atoms with Crippen LogP contribution in [0.2, 0.25) is 0 Å². The second-order valence-corrected chi connectivity index (χ2v) is 15.2. The number of carbonyl (C=O) groups is 2. The van der Waals surface area contributed by atoms with E-state index >= 15 is 8.78 Å². The summed E-state index contributed by atoms with van der Waals surface area (Å²) >= 11 is 0. The Morgan fingerprint density at radius 3 is 2.40 bits per heavy atom. The first-order valence-corrected chi connectivity index (χ1v) is 17.3. The summed E-state index contributed by atoms with van der Waals surface area (Å²) in [5, 5.41) is 11.7. The normalized spacial score (nSPS) is 40.7. The van der Waals surface area contributed by atoms with E-state index in [1.165, 1.54) is 19.1 Å². The Labute approximate surface area is 270 Å². The summed E-state index contributed by atoms with van der Waals surface area (Å²) in [6, 6.07) is 17.4. The number of ether oxygens (including phenoxy) is 2. The molecule has 10 atom stereocenters. The molecule has 0 radical (unpaired) electrons. The van der Waals surface area contributed by atoms with Gasteiger partial charge in [0.2, 0.25) is 0 Å². The maximum absolute atomic E-state index is 17.7. The smallest absolute Gasteiger partial charge is 0.390 e. The van der Waals surface area contributed by atoms with Crippen LogP contribution in [0.5, 0.6) is 0 Å². The average molecular weight is 671 g/mol. The molecule has 3 N–H and O–H groups in total. The van der Waals surface area contributed by atoms with Crippen molar-refractivity contribution in [1.29, 1.82) is 0 Å². The number of fused-ring (bicyclic) bond motifs is 7. The molecule has 4 fully saturated rings. The molecule has 2 aromatic rings. The zero-order valence-electron chi connectivity index (χ0n) is 25.9. The lowest BCUT2D eigenvalue weighted by molar-refractivity contribution is -0.235.